The van der Waals surface area contributed by atoms with Crippen molar-refractivity contribution < 1.29 is 25.8 Å². The summed E-state index contributed by atoms with van der Waals surface area (Å²) in [5.41, 5.74) is 4.67. The van der Waals surface area contributed by atoms with E-state index < -0.39 is 0 Å². The molecule has 106 valence electrons. The Labute approximate surface area is 129 Å². The van der Waals surface area contributed by atoms with Crippen LogP contribution in [0.2, 0.25) is 0 Å². The summed E-state index contributed by atoms with van der Waals surface area (Å²) < 4.78 is 7.46. The van der Waals surface area contributed by atoms with Gasteiger partial charge in [-0.05, 0) is 44.9 Å². The van der Waals surface area contributed by atoms with Crippen LogP contribution in [0.4, 0.5) is 0 Å². The van der Waals surface area contributed by atoms with Crippen LogP contribution in [0.1, 0.15) is 31.0 Å². The zero-order valence-corrected chi connectivity index (χ0v) is 14.3. The third-order valence-electron chi connectivity index (χ3n) is 3.08. The topological polar surface area (TPSA) is 27.1 Å². The van der Waals surface area contributed by atoms with Crippen LogP contribution in [-0.4, -0.2) is 16.9 Å². The fourth-order valence-corrected chi connectivity index (χ4v) is 2.21. The first-order valence-corrected chi connectivity index (χ1v) is 6.22. The van der Waals surface area contributed by atoms with Crippen LogP contribution in [0.5, 0.6) is 5.75 Å². The Kier molecular flexibility index (Phi) is 5.37. The number of rotatable bonds is 3. The van der Waals surface area contributed by atoms with Gasteiger partial charge in [-0.3, -0.25) is 4.68 Å². The van der Waals surface area contributed by atoms with Gasteiger partial charge in [-0.1, -0.05) is 6.07 Å². The van der Waals surface area contributed by atoms with Gasteiger partial charge in [0.1, 0.15) is 5.75 Å². The summed E-state index contributed by atoms with van der Waals surface area (Å²) in [5, 5.41) is 4.39. The Morgan fingerprint density at radius 3 is 2.42 bits per heavy atom. The summed E-state index contributed by atoms with van der Waals surface area (Å²) in [7, 11) is 1.71. The van der Waals surface area contributed by atoms with Crippen molar-refractivity contribution in [2.75, 3.05) is 7.11 Å². The van der Waals surface area contributed by atoms with Crippen LogP contribution in [0.3, 0.4) is 0 Å². The van der Waals surface area contributed by atoms with Gasteiger partial charge in [0.05, 0.1) is 13.3 Å². The van der Waals surface area contributed by atoms with Gasteiger partial charge < -0.3 is 4.74 Å². The largest absolute Gasteiger partial charge is 0.496 e. The normalized spacial score (nSPS) is 10.4. The van der Waals surface area contributed by atoms with Gasteiger partial charge in [0.2, 0.25) is 0 Å². The van der Waals surface area contributed by atoms with Gasteiger partial charge in [-0.15, -0.1) is 0 Å². The van der Waals surface area contributed by atoms with Gasteiger partial charge in [-0.25, -0.2) is 0 Å². The molecule has 0 amide bonds. The van der Waals surface area contributed by atoms with Crippen molar-refractivity contribution >= 4 is 0 Å². The number of benzene rings is 1. The first kappa shape index (κ1) is 16.0. The summed E-state index contributed by atoms with van der Waals surface area (Å²) in [5.74, 6) is 0.913. The van der Waals surface area contributed by atoms with Gasteiger partial charge in [0, 0.05) is 44.4 Å². The van der Waals surface area contributed by atoms with Crippen LogP contribution in [0, 0.1) is 13.8 Å². The van der Waals surface area contributed by atoms with E-state index in [9.17, 15) is 0 Å². The monoisotopic (exact) mass is 439 g/mol. The Balaban J connectivity index is 0.00000180. The molecule has 2 aromatic rings. The number of methoxy groups -OCH3 is 1. The molecule has 1 aromatic carbocycles. The zero-order chi connectivity index (χ0) is 13.3. The zero-order valence-electron chi connectivity index (χ0n) is 12.0. The molecule has 0 aliphatic rings. The third kappa shape index (κ3) is 3.27. The van der Waals surface area contributed by atoms with E-state index in [0.717, 1.165) is 16.9 Å². The molecule has 0 aliphatic heterocycles. The molecule has 0 aliphatic carbocycles. The third-order valence-corrected chi connectivity index (χ3v) is 3.08. The van der Waals surface area contributed by atoms with E-state index in [-0.39, 0.29) is 21.1 Å². The minimum atomic E-state index is 0. The second-order valence-corrected chi connectivity index (χ2v) is 4.96. The molecule has 0 N–H and O–H groups in total. The van der Waals surface area contributed by atoms with Crippen molar-refractivity contribution in [3.05, 3.63) is 35.7 Å². The molecule has 2 rings (SSSR count). The fraction of sp³-hybridized carbons (Fsp3) is 0.400. The number of nitrogens with zero attached hydrogens (tertiary/aromatic N) is 2. The molecule has 0 saturated carbocycles. The smallest absolute Gasteiger partial charge is 0.127 e. The number of hydrogen-bond donors (Lipinski definition) is 0. The summed E-state index contributed by atoms with van der Waals surface area (Å²) in [4.78, 5) is 0. The average molecular weight is 439 g/mol. The second-order valence-electron chi connectivity index (χ2n) is 4.96. The minimum Gasteiger partial charge on any atom is -0.496 e. The number of hydrogen-bond acceptors (Lipinski definition) is 2. The Morgan fingerprint density at radius 2 is 1.89 bits per heavy atom. The molecular weight excluding hydrogens is 419 g/mol. The maximum atomic E-state index is 5.49. The Hall–Kier alpha value is -1.08. The van der Waals surface area contributed by atoms with Crippen LogP contribution in [-0.2, 0) is 21.1 Å². The predicted molar refractivity (Wildman–Crippen MR) is 74.1 cm³/mol. The SMILES string of the molecule is COc1cc(C)cc(C)c1-c1cnn(C(C)C)c1.[Pt]. The maximum Gasteiger partial charge on any atom is 0.127 e. The van der Waals surface area contributed by atoms with Crippen LogP contribution >= 0.6 is 0 Å². The van der Waals surface area contributed by atoms with Gasteiger partial charge >= 0.3 is 0 Å². The van der Waals surface area contributed by atoms with Crippen LogP contribution in [0.25, 0.3) is 11.1 Å². The summed E-state index contributed by atoms with van der Waals surface area (Å²) in [6.07, 6.45) is 3.98. The van der Waals surface area contributed by atoms with Crippen LogP contribution in [0.15, 0.2) is 24.5 Å². The molecule has 0 saturated heterocycles. The quantitative estimate of drug-likeness (QED) is 0.729. The van der Waals surface area contributed by atoms with Crippen molar-refractivity contribution in [3.8, 4) is 16.9 Å². The van der Waals surface area contributed by atoms with Crippen molar-refractivity contribution in [1.29, 1.82) is 0 Å². The van der Waals surface area contributed by atoms with Gasteiger partial charge in [0.25, 0.3) is 0 Å². The first-order chi connectivity index (χ1) is 8.52. The molecule has 4 heteroatoms. The molecule has 0 atom stereocenters. The maximum absolute atomic E-state index is 5.49. The molecule has 0 fully saturated rings. The molecule has 3 nitrogen and oxygen atoms in total. The summed E-state index contributed by atoms with van der Waals surface area (Å²) in [6, 6.07) is 4.61. The number of aryl methyl sites for hydroxylation is 2. The molecule has 0 spiro atoms. The predicted octanol–water partition coefficient (Wildman–Crippen LogP) is 3.75. The summed E-state index contributed by atoms with van der Waals surface area (Å²) in [6.45, 7) is 8.43. The van der Waals surface area contributed by atoms with E-state index >= 15 is 0 Å². The number of aromatic nitrogens is 2. The Morgan fingerprint density at radius 1 is 1.21 bits per heavy atom. The molecular formula is C15H20N2OPt. The number of ether oxygens (including phenoxy) is 1. The molecule has 0 unspecified atom stereocenters. The molecule has 0 bridgehead atoms. The van der Waals surface area contributed by atoms with E-state index in [4.69, 9.17) is 4.74 Å². The van der Waals surface area contributed by atoms with Gasteiger partial charge in [-0.2, -0.15) is 5.10 Å². The minimum absolute atomic E-state index is 0. The molecule has 0 radical (unpaired) electrons. The van der Waals surface area contributed by atoms with Crippen molar-refractivity contribution in [2.45, 2.75) is 33.7 Å². The van der Waals surface area contributed by atoms with E-state index in [1.165, 1.54) is 11.1 Å². The van der Waals surface area contributed by atoms with Crippen molar-refractivity contribution in [1.82, 2.24) is 9.78 Å². The van der Waals surface area contributed by atoms with Gasteiger partial charge in [0.15, 0.2) is 0 Å². The standard InChI is InChI=1S/C15H20N2O.Pt/c1-10(2)17-9-13(8-16-17)15-12(4)6-11(3)7-14(15)18-5;/h6-10H,1-5H3;. The fourth-order valence-electron chi connectivity index (χ4n) is 2.21. The second kappa shape index (κ2) is 6.38. The molecule has 1 aromatic heterocycles. The average Bonchev–Trinajstić information content (AvgIpc) is 2.77. The summed E-state index contributed by atoms with van der Waals surface area (Å²) >= 11 is 0. The first-order valence-electron chi connectivity index (χ1n) is 6.22. The van der Waals surface area contributed by atoms with Crippen molar-refractivity contribution in [3.63, 3.8) is 0 Å². The molecule has 19 heavy (non-hydrogen) atoms. The molecule has 1 heterocycles. The van der Waals surface area contributed by atoms with E-state index in [1.54, 1.807) is 7.11 Å². The van der Waals surface area contributed by atoms with Crippen LogP contribution < -0.4 is 4.74 Å². The van der Waals surface area contributed by atoms with E-state index in [0.29, 0.717) is 6.04 Å². The van der Waals surface area contributed by atoms with E-state index in [1.807, 2.05) is 10.9 Å². The van der Waals surface area contributed by atoms with Crippen molar-refractivity contribution in [2.24, 2.45) is 0 Å². The van der Waals surface area contributed by atoms with E-state index in [2.05, 4.69) is 51.1 Å². The Bertz CT molecular complexity index is 561.